The minimum absolute atomic E-state index is 0.111. The second-order valence-corrected chi connectivity index (χ2v) is 8.40. The normalized spacial score (nSPS) is 17.7. The lowest BCUT2D eigenvalue weighted by Gasteiger charge is -2.26. The van der Waals surface area contributed by atoms with Gasteiger partial charge in [0.15, 0.2) is 0 Å². The number of benzene rings is 2. The Bertz CT molecular complexity index is 1020. The predicted octanol–water partition coefficient (Wildman–Crippen LogP) is 4.38. The van der Waals surface area contributed by atoms with Gasteiger partial charge in [-0.3, -0.25) is 9.59 Å². The molecule has 0 radical (unpaired) electrons. The number of hydrogen-bond acceptors (Lipinski definition) is 5. The van der Waals surface area contributed by atoms with Crippen LogP contribution in [0.2, 0.25) is 0 Å². The molecule has 1 N–H and O–H groups in total. The third-order valence-electron chi connectivity index (χ3n) is 5.67. The van der Waals surface area contributed by atoms with E-state index in [4.69, 9.17) is 4.74 Å². The van der Waals surface area contributed by atoms with Crippen LogP contribution in [0.25, 0.3) is 5.76 Å². The summed E-state index contributed by atoms with van der Waals surface area (Å²) in [7, 11) is 3.70. The number of ether oxygens (including phenoxy) is 1. The summed E-state index contributed by atoms with van der Waals surface area (Å²) in [6.45, 7) is 3.43. The number of nitrogens with zero attached hydrogens (tertiary/aromatic N) is 2. The van der Waals surface area contributed by atoms with Crippen molar-refractivity contribution in [3.8, 4) is 5.75 Å². The highest BCUT2D eigenvalue weighted by Crippen LogP contribution is 2.40. The van der Waals surface area contributed by atoms with Gasteiger partial charge >= 0.3 is 0 Å². The largest absolute Gasteiger partial charge is 0.507 e. The van der Waals surface area contributed by atoms with E-state index in [1.54, 1.807) is 36.4 Å². The standard InChI is InChI=1S/C26H31FN2O4/c1-4-5-8-17-33-19-13-11-18(12-14-19)24(30)22-23(20-9-6-7-10-21(20)27)29(16-15-28(2)3)26(32)25(22)31/h6-7,9-14,23,30H,4-5,8,15-17H2,1-3H3/b24-22-. The zero-order valence-corrected chi connectivity index (χ0v) is 19.4. The Morgan fingerprint density at radius 3 is 2.42 bits per heavy atom. The highest BCUT2D eigenvalue weighted by Gasteiger charge is 2.46. The molecule has 1 aliphatic heterocycles. The van der Waals surface area contributed by atoms with E-state index in [2.05, 4.69) is 6.92 Å². The lowest BCUT2D eigenvalue weighted by Crippen LogP contribution is -2.35. The molecule has 3 rings (SSSR count). The minimum Gasteiger partial charge on any atom is -0.507 e. The molecule has 0 bridgehead atoms. The van der Waals surface area contributed by atoms with Crippen LogP contribution >= 0.6 is 0 Å². The van der Waals surface area contributed by atoms with Crippen molar-refractivity contribution >= 4 is 17.4 Å². The molecule has 2 aromatic rings. The number of carbonyl (C=O) groups is 2. The van der Waals surface area contributed by atoms with Crippen molar-refractivity contribution in [2.75, 3.05) is 33.8 Å². The van der Waals surface area contributed by atoms with Gasteiger partial charge in [0.1, 0.15) is 17.3 Å². The Hall–Kier alpha value is -3.19. The molecular weight excluding hydrogens is 423 g/mol. The highest BCUT2D eigenvalue weighted by atomic mass is 19.1. The molecule has 1 atom stereocenters. The van der Waals surface area contributed by atoms with Crippen LogP contribution in [0.5, 0.6) is 5.75 Å². The van der Waals surface area contributed by atoms with Crippen molar-refractivity contribution in [2.24, 2.45) is 0 Å². The number of likely N-dealkylation sites (N-methyl/N-ethyl adjacent to an activating group) is 1. The Morgan fingerprint density at radius 2 is 1.79 bits per heavy atom. The molecule has 33 heavy (non-hydrogen) atoms. The first-order valence-corrected chi connectivity index (χ1v) is 11.3. The molecule has 1 fully saturated rings. The van der Waals surface area contributed by atoms with Gasteiger partial charge in [-0.2, -0.15) is 0 Å². The minimum atomic E-state index is -1.00. The molecule has 176 valence electrons. The van der Waals surface area contributed by atoms with E-state index < -0.39 is 23.5 Å². The van der Waals surface area contributed by atoms with Gasteiger partial charge in [-0.05, 0) is 50.8 Å². The van der Waals surface area contributed by atoms with Gasteiger partial charge in [-0.1, -0.05) is 38.0 Å². The van der Waals surface area contributed by atoms with Gasteiger partial charge in [0, 0.05) is 24.2 Å². The van der Waals surface area contributed by atoms with Crippen molar-refractivity contribution in [3.05, 3.63) is 71.0 Å². The first-order valence-electron chi connectivity index (χ1n) is 11.3. The molecule has 2 aromatic carbocycles. The Kier molecular flexibility index (Phi) is 8.22. The van der Waals surface area contributed by atoms with E-state index in [1.807, 2.05) is 19.0 Å². The maximum atomic E-state index is 14.8. The summed E-state index contributed by atoms with van der Waals surface area (Å²) >= 11 is 0. The second-order valence-electron chi connectivity index (χ2n) is 8.40. The molecular formula is C26H31FN2O4. The van der Waals surface area contributed by atoms with Crippen molar-refractivity contribution in [2.45, 2.75) is 32.2 Å². The molecule has 6 nitrogen and oxygen atoms in total. The summed E-state index contributed by atoms with van der Waals surface area (Å²) in [5, 5.41) is 11.1. The van der Waals surface area contributed by atoms with Crippen LogP contribution in [-0.4, -0.2) is 60.4 Å². The van der Waals surface area contributed by atoms with Crippen LogP contribution in [-0.2, 0) is 9.59 Å². The molecule has 1 amide bonds. The number of aliphatic hydroxyl groups is 1. The lowest BCUT2D eigenvalue weighted by atomic mass is 9.95. The van der Waals surface area contributed by atoms with Crippen LogP contribution in [0.3, 0.4) is 0 Å². The average Bonchev–Trinajstić information content (AvgIpc) is 3.05. The van der Waals surface area contributed by atoms with Crippen molar-refractivity contribution in [1.82, 2.24) is 9.80 Å². The number of halogens is 1. The number of hydrogen-bond donors (Lipinski definition) is 1. The Morgan fingerprint density at radius 1 is 1.09 bits per heavy atom. The second kappa shape index (κ2) is 11.1. The van der Waals surface area contributed by atoms with Gasteiger partial charge in [0.25, 0.3) is 11.7 Å². The van der Waals surface area contributed by atoms with Crippen LogP contribution < -0.4 is 4.74 Å². The number of aliphatic hydroxyl groups excluding tert-OH is 1. The van der Waals surface area contributed by atoms with Gasteiger partial charge < -0.3 is 19.6 Å². The molecule has 0 aromatic heterocycles. The zero-order chi connectivity index (χ0) is 24.0. The van der Waals surface area contributed by atoms with Crippen LogP contribution in [0.1, 0.15) is 43.4 Å². The third kappa shape index (κ3) is 5.60. The van der Waals surface area contributed by atoms with Crippen molar-refractivity contribution in [3.63, 3.8) is 0 Å². The van der Waals surface area contributed by atoms with Crippen LogP contribution in [0.15, 0.2) is 54.1 Å². The number of rotatable bonds is 10. The van der Waals surface area contributed by atoms with E-state index in [0.717, 1.165) is 19.3 Å². The van der Waals surface area contributed by atoms with Crippen LogP contribution in [0, 0.1) is 5.82 Å². The van der Waals surface area contributed by atoms with E-state index in [1.165, 1.54) is 17.0 Å². The molecule has 0 spiro atoms. The Labute approximate surface area is 194 Å². The maximum Gasteiger partial charge on any atom is 0.295 e. The van der Waals surface area contributed by atoms with E-state index in [9.17, 15) is 19.1 Å². The maximum absolute atomic E-state index is 14.8. The monoisotopic (exact) mass is 454 g/mol. The molecule has 7 heteroatoms. The van der Waals surface area contributed by atoms with Crippen LogP contribution in [0.4, 0.5) is 4.39 Å². The number of ketones is 1. The van der Waals surface area contributed by atoms with Gasteiger partial charge in [0.05, 0.1) is 18.2 Å². The first kappa shape index (κ1) is 24.5. The number of unbranched alkanes of at least 4 members (excludes halogenated alkanes) is 2. The van der Waals surface area contributed by atoms with Gasteiger partial charge in [-0.15, -0.1) is 0 Å². The number of carbonyl (C=O) groups excluding carboxylic acids is 2. The molecule has 0 saturated carbocycles. The predicted molar refractivity (Wildman–Crippen MR) is 125 cm³/mol. The summed E-state index contributed by atoms with van der Waals surface area (Å²) in [6.07, 6.45) is 3.14. The zero-order valence-electron chi connectivity index (χ0n) is 19.4. The fourth-order valence-electron chi connectivity index (χ4n) is 3.85. The summed E-state index contributed by atoms with van der Waals surface area (Å²) in [5.41, 5.74) is 0.427. The first-order chi connectivity index (χ1) is 15.8. The number of Topliss-reactive ketones (excluding diaryl/α,β-unsaturated/α-hetero) is 1. The summed E-state index contributed by atoms with van der Waals surface area (Å²) in [4.78, 5) is 29.0. The van der Waals surface area contributed by atoms with Crippen molar-refractivity contribution in [1.29, 1.82) is 0 Å². The third-order valence-corrected chi connectivity index (χ3v) is 5.67. The van der Waals surface area contributed by atoms with E-state index in [-0.39, 0.29) is 23.4 Å². The van der Waals surface area contributed by atoms with E-state index >= 15 is 0 Å². The highest BCUT2D eigenvalue weighted by molar-refractivity contribution is 6.46. The van der Waals surface area contributed by atoms with E-state index in [0.29, 0.717) is 24.5 Å². The summed E-state index contributed by atoms with van der Waals surface area (Å²) in [5.74, 6) is -1.78. The SMILES string of the molecule is CCCCCOc1ccc(/C(O)=C2/C(=O)C(=O)N(CCN(C)C)C2c2ccccc2F)cc1. The smallest absolute Gasteiger partial charge is 0.295 e. The molecule has 0 aliphatic carbocycles. The molecule has 1 aliphatic rings. The van der Waals surface area contributed by atoms with Gasteiger partial charge in [-0.25, -0.2) is 4.39 Å². The number of amides is 1. The molecule has 1 saturated heterocycles. The fourth-order valence-corrected chi connectivity index (χ4v) is 3.85. The van der Waals surface area contributed by atoms with Gasteiger partial charge in [0.2, 0.25) is 0 Å². The summed E-state index contributed by atoms with van der Waals surface area (Å²) < 4.78 is 20.5. The summed E-state index contributed by atoms with van der Waals surface area (Å²) in [6, 6.07) is 11.7. The lowest BCUT2D eigenvalue weighted by molar-refractivity contribution is -0.140. The molecule has 1 unspecified atom stereocenters. The molecule has 1 heterocycles. The quantitative estimate of drug-likeness (QED) is 0.250. The fraction of sp³-hybridized carbons (Fsp3) is 0.385. The van der Waals surface area contributed by atoms with Crippen molar-refractivity contribution < 1.29 is 23.8 Å². The topological polar surface area (TPSA) is 70.1 Å². The number of likely N-dealkylation sites (tertiary alicyclic amines) is 1. The average molecular weight is 455 g/mol. The Balaban J connectivity index is 1.97.